The summed E-state index contributed by atoms with van der Waals surface area (Å²) >= 11 is 0.870. The number of aryl methyl sites for hydroxylation is 1. The fraction of sp³-hybridized carbons (Fsp3) is 0.444. The van der Waals surface area contributed by atoms with Crippen LogP contribution in [0.15, 0.2) is 0 Å². The molecule has 8 heteroatoms. The van der Waals surface area contributed by atoms with Crippen LogP contribution >= 0.6 is 11.3 Å². The number of thiophene rings is 1. The zero-order chi connectivity index (χ0) is 13.0. The van der Waals surface area contributed by atoms with Gasteiger partial charge in [-0.2, -0.15) is 0 Å². The summed E-state index contributed by atoms with van der Waals surface area (Å²) in [6.45, 7) is 0. The van der Waals surface area contributed by atoms with Crippen LogP contribution in [0.25, 0.3) is 0 Å². The zero-order valence-electron chi connectivity index (χ0n) is 8.88. The molecule has 1 rings (SSSR count). The van der Waals surface area contributed by atoms with Crippen molar-refractivity contribution >= 4 is 28.7 Å². The van der Waals surface area contributed by atoms with Crippen molar-refractivity contribution in [3.63, 3.8) is 0 Å². The van der Waals surface area contributed by atoms with Gasteiger partial charge in [-0.25, -0.2) is 0 Å². The number of hydrogen-bond acceptors (Lipinski definition) is 6. The number of nitro groups is 1. The van der Waals surface area contributed by atoms with E-state index in [-0.39, 0.29) is 12.1 Å². The molecule has 4 N–H and O–H groups in total. The molecule has 1 aromatic heterocycles. The monoisotopic (exact) mass is 260 g/mol. The third-order valence-corrected chi connectivity index (χ3v) is 3.26. The van der Waals surface area contributed by atoms with E-state index in [1.165, 1.54) is 0 Å². The maximum atomic E-state index is 10.6. The Morgan fingerprint density at radius 2 is 2.12 bits per heavy atom. The van der Waals surface area contributed by atoms with Crippen molar-refractivity contribution in [2.75, 3.05) is 5.73 Å². The van der Waals surface area contributed by atoms with Crippen molar-refractivity contribution in [2.24, 2.45) is 0 Å². The van der Waals surface area contributed by atoms with E-state index in [1.54, 1.807) is 0 Å². The first-order chi connectivity index (χ1) is 7.93. The van der Waals surface area contributed by atoms with E-state index in [9.17, 15) is 20.0 Å². The van der Waals surface area contributed by atoms with Crippen LogP contribution in [0.2, 0.25) is 0 Å². The standard InChI is InChI=1S/C9H12N2O5S/c10-7-5(3-1-2-4-6(12)13)17-9(14)8(7)11(15)16/h14H,1-4,10H2,(H,12,13). The second-order valence-electron chi connectivity index (χ2n) is 3.45. The first kappa shape index (κ1) is 13.2. The van der Waals surface area contributed by atoms with E-state index >= 15 is 0 Å². The van der Waals surface area contributed by atoms with Gasteiger partial charge in [0.05, 0.1) is 4.92 Å². The van der Waals surface area contributed by atoms with E-state index in [0.29, 0.717) is 24.1 Å². The fourth-order valence-electron chi connectivity index (χ4n) is 1.39. The van der Waals surface area contributed by atoms with Gasteiger partial charge in [0, 0.05) is 11.3 Å². The van der Waals surface area contributed by atoms with Crippen molar-refractivity contribution in [3.05, 3.63) is 15.0 Å². The molecule has 0 aliphatic rings. The Balaban J connectivity index is 2.63. The number of carboxylic acid groups (broad SMARTS) is 1. The summed E-state index contributed by atoms with van der Waals surface area (Å²) in [5, 5.41) is 27.9. The topological polar surface area (TPSA) is 127 Å². The van der Waals surface area contributed by atoms with Crippen molar-refractivity contribution in [2.45, 2.75) is 25.7 Å². The number of hydrogen-bond donors (Lipinski definition) is 3. The molecule has 94 valence electrons. The van der Waals surface area contributed by atoms with Gasteiger partial charge in [-0.3, -0.25) is 14.9 Å². The molecule has 7 nitrogen and oxygen atoms in total. The highest BCUT2D eigenvalue weighted by atomic mass is 32.1. The SMILES string of the molecule is Nc1c(CCCCC(=O)O)sc(O)c1[N+](=O)[O-]. The minimum Gasteiger partial charge on any atom is -0.495 e. The van der Waals surface area contributed by atoms with Crippen LogP contribution in [0.3, 0.4) is 0 Å². The predicted molar refractivity (Wildman–Crippen MR) is 62.2 cm³/mol. The number of carbonyl (C=O) groups is 1. The highest BCUT2D eigenvalue weighted by molar-refractivity contribution is 7.15. The Labute approximate surface area is 101 Å². The lowest BCUT2D eigenvalue weighted by Crippen LogP contribution is -1.97. The van der Waals surface area contributed by atoms with Gasteiger partial charge in [0.2, 0.25) is 0 Å². The molecule has 0 aliphatic heterocycles. The quantitative estimate of drug-likeness (QED) is 0.406. The maximum Gasteiger partial charge on any atom is 0.345 e. The highest BCUT2D eigenvalue weighted by Crippen LogP contribution is 2.43. The number of aromatic hydroxyl groups is 1. The summed E-state index contributed by atoms with van der Waals surface area (Å²) in [5.74, 6) is -0.877. The number of anilines is 1. The number of aliphatic carboxylic acids is 1. The van der Waals surface area contributed by atoms with Crippen LogP contribution in [0.5, 0.6) is 5.06 Å². The van der Waals surface area contributed by atoms with Crippen molar-refractivity contribution < 1.29 is 19.9 Å². The van der Waals surface area contributed by atoms with Crippen molar-refractivity contribution in [3.8, 4) is 5.06 Å². The maximum absolute atomic E-state index is 10.6. The van der Waals surface area contributed by atoms with Crippen LogP contribution in [0.1, 0.15) is 24.1 Å². The van der Waals surface area contributed by atoms with Crippen LogP contribution in [0.4, 0.5) is 11.4 Å². The number of rotatable bonds is 6. The van der Waals surface area contributed by atoms with E-state index in [1.807, 2.05) is 0 Å². The van der Waals surface area contributed by atoms with Crippen LogP contribution in [-0.2, 0) is 11.2 Å². The second kappa shape index (κ2) is 5.48. The van der Waals surface area contributed by atoms with Gasteiger partial charge in [0.15, 0.2) is 0 Å². The fourth-order valence-corrected chi connectivity index (χ4v) is 2.36. The average Bonchev–Trinajstić information content (AvgIpc) is 2.48. The smallest absolute Gasteiger partial charge is 0.345 e. The first-order valence-corrected chi connectivity index (χ1v) is 5.71. The number of unbranched alkanes of at least 4 members (excludes halogenated alkanes) is 1. The predicted octanol–water partition coefficient (Wildman–Crippen LogP) is 1.74. The first-order valence-electron chi connectivity index (χ1n) is 4.89. The molecule has 0 saturated carbocycles. The Morgan fingerprint density at radius 3 is 2.59 bits per heavy atom. The van der Waals surface area contributed by atoms with Crippen molar-refractivity contribution in [1.82, 2.24) is 0 Å². The largest absolute Gasteiger partial charge is 0.495 e. The van der Waals surface area contributed by atoms with E-state index in [2.05, 4.69) is 0 Å². The lowest BCUT2D eigenvalue weighted by Gasteiger charge is -1.97. The minimum atomic E-state index is -0.877. The van der Waals surface area contributed by atoms with Gasteiger partial charge >= 0.3 is 11.7 Å². The molecule has 0 aliphatic carbocycles. The molecule has 0 unspecified atom stereocenters. The molecule has 17 heavy (non-hydrogen) atoms. The number of nitrogen functional groups attached to an aromatic ring is 1. The van der Waals surface area contributed by atoms with Crippen LogP contribution in [0, 0.1) is 10.1 Å². The molecular weight excluding hydrogens is 248 g/mol. The summed E-state index contributed by atoms with van der Waals surface area (Å²) in [6, 6.07) is 0. The zero-order valence-corrected chi connectivity index (χ0v) is 9.70. The van der Waals surface area contributed by atoms with Gasteiger partial charge in [-0.15, -0.1) is 0 Å². The summed E-state index contributed by atoms with van der Waals surface area (Å²) < 4.78 is 0. The molecule has 0 saturated heterocycles. The molecule has 0 bridgehead atoms. The van der Waals surface area contributed by atoms with E-state index in [0.717, 1.165) is 11.3 Å². The van der Waals surface area contributed by atoms with E-state index < -0.39 is 21.6 Å². The molecule has 0 fully saturated rings. The minimum absolute atomic E-state index is 0.0205. The summed E-state index contributed by atoms with van der Waals surface area (Å²) in [7, 11) is 0. The summed E-state index contributed by atoms with van der Waals surface area (Å²) in [4.78, 5) is 20.7. The molecule has 0 aromatic carbocycles. The summed E-state index contributed by atoms with van der Waals surface area (Å²) in [6.07, 6.45) is 1.53. The van der Waals surface area contributed by atoms with Crippen LogP contribution < -0.4 is 5.73 Å². The number of carboxylic acids is 1. The molecule has 0 spiro atoms. The Bertz CT molecular complexity index is 443. The van der Waals surface area contributed by atoms with Gasteiger partial charge in [0.1, 0.15) is 5.69 Å². The summed E-state index contributed by atoms with van der Waals surface area (Å²) in [5.41, 5.74) is 5.06. The van der Waals surface area contributed by atoms with Gasteiger partial charge in [0.25, 0.3) is 5.06 Å². The lowest BCUT2D eigenvalue weighted by molar-refractivity contribution is -0.384. The third kappa shape index (κ3) is 3.31. The normalized spacial score (nSPS) is 10.4. The number of nitrogens with two attached hydrogens (primary N) is 1. The molecule has 0 amide bonds. The average molecular weight is 260 g/mol. The highest BCUT2D eigenvalue weighted by Gasteiger charge is 2.24. The molecule has 1 heterocycles. The van der Waals surface area contributed by atoms with Crippen molar-refractivity contribution in [1.29, 1.82) is 0 Å². The van der Waals surface area contributed by atoms with Gasteiger partial charge in [-0.05, 0) is 19.3 Å². The molecule has 0 atom stereocenters. The second-order valence-corrected chi connectivity index (χ2v) is 4.53. The van der Waals surface area contributed by atoms with Gasteiger partial charge in [-0.1, -0.05) is 11.3 Å². The van der Waals surface area contributed by atoms with Crippen LogP contribution in [-0.4, -0.2) is 21.1 Å². The van der Waals surface area contributed by atoms with E-state index in [4.69, 9.17) is 10.8 Å². The number of nitrogens with zero attached hydrogens (tertiary/aromatic N) is 1. The van der Waals surface area contributed by atoms with Gasteiger partial charge < -0.3 is 15.9 Å². The molecule has 1 aromatic rings. The lowest BCUT2D eigenvalue weighted by atomic mass is 10.1. The third-order valence-electron chi connectivity index (χ3n) is 2.21. The molecule has 0 radical (unpaired) electrons. The Kier molecular flexibility index (Phi) is 4.27. The molecular formula is C9H12N2O5S. The Hall–Kier alpha value is -1.83. The Morgan fingerprint density at radius 1 is 1.47 bits per heavy atom.